The standard InChI is InChI=1S/C8H14N6S/c1-6(3-9)4-14(2)5-7-8(11-10)15-13-12-7/h6,11H,4-5,10H2,1-2H3. The van der Waals surface area contributed by atoms with Crippen molar-refractivity contribution in [3.8, 4) is 6.07 Å². The third-order valence-electron chi connectivity index (χ3n) is 1.91. The molecule has 0 radical (unpaired) electrons. The molecule has 7 heteroatoms. The molecular weight excluding hydrogens is 212 g/mol. The molecule has 0 aliphatic rings. The van der Waals surface area contributed by atoms with Crippen molar-refractivity contribution in [3.63, 3.8) is 0 Å². The van der Waals surface area contributed by atoms with E-state index in [-0.39, 0.29) is 5.92 Å². The molecule has 1 unspecified atom stereocenters. The number of nitrogens with zero attached hydrogens (tertiary/aromatic N) is 4. The first-order valence-electron chi connectivity index (χ1n) is 4.53. The van der Waals surface area contributed by atoms with Crippen molar-refractivity contribution in [2.45, 2.75) is 13.5 Å². The van der Waals surface area contributed by atoms with Crippen LogP contribution in [0.4, 0.5) is 5.00 Å². The van der Waals surface area contributed by atoms with Gasteiger partial charge in [0, 0.05) is 24.6 Å². The molecule has 1 rings (SSSR count). The highest BCUT2D eigenvalue weighted by Gasteiger charge is 2.11. The lowest BCUT2D eigenvalue weighted by Gasteiger charge is -2.16. The summed E-state index contributed by atoms with van der Waals surface area (Å²) in [7, 11) is 1.94. The number of hydrogen-bond acceptors (Lipinski definition) is 7. The molecule has 0 aliphatic carbocycles. The Kier molecular flexibility index (Phi) is 4.42. The minimum absolute atomic E-state index is 0.0101. The average Bonchev–Trinajstić information content (AvgIpc) is 2.64. The lowest BCUT2D eigenvalue weighted by atomic mass is 10.2. The Labute approximate surface area is 92.8 Å². The second-order valence-electron chi connectivity index (χ2n) is 3.42. The average molecular weight is 226 g/mol. The highest BCUT2D eigenvalue weighted by atomic mass is 32.1. The molecule has 82 valence electrons. The van der Waals surface area contributed by atoms with E-state index in [0.717, 1.165) is 10.7 Å². The Hall–Kier alpha value is -1.23. The topological polar surface area (TPSA) is 90.9 Å². The second kappa shape index (κ2) is 5.60. The van der Waals surface area contributed by atoms with Gasteiger partial charge in [0.15, 0.2) is 0 Å². The summed E-state index contributed by atoms with van der Waals surface area (Å²) in [6, 6.07) is 2.19. The Morgan fingerprint density at radius 1 is 1.73 bits per heavy atom. The fraction of sp³-hybridized carbons (Fsp3) is 0.625. The molecule has 0 saturated carbocycles. The molecule has 15 heavy (non-hydrogen) atoms. The molecule has 0 saturated heterocycles. The van der Waals surface area contributed by atoms with Gasteiger partial charge in [-0.2, -0.15) is 5.26 Å². The van der Waals surface area contributed by atoms with Gasteiger partial charge >= 0.3 is 0 Å². The molecule has 1 atom stereocenters. The molecule has 0 fully saturated rings. The lowest BCUT2D eigenvalue weighted by Crippen LogP contribution is -2.24. The molecule has 0 aliphatic heterocycles. The van der Waals surface area contributed by atoms with Crippen LogP contribution in [0.25, 0.3) is 0 Å². The lowest BCUT2D eigenvalue weighted by molar-refractivity contribution is 0.300. The van der Waals surface area contributed by atoms with Crippen molar-refractivity contribution in [2.75, 3.05) is 19.0 Å². The van der Waals surface area contributed by atoms with Crippen molar-refractivity contribution in [3.05, 3.63) is 5.69 Å². The molecular formula is C8H14N6S. The highest BCUT2D eigenvalue weighted by Crippen LogP contribution is 2.17. The third-order valence-corrected chi connectivity index (χ3v) is 2.61. The van der Waals surface area contributed by atoms with Crippen LogP contribution in [-0.4, -0.2) is 28.1 Å². The molecule has 0 aromatic carbocycles. The van der Waals surface area contributed by atoms with Crippen LogP contribution in [0.5, 0.6) is 0 Å². The molecule has 0 amide bonds. The van der Waals surface area contributed by atoms with Gasteiger partial charge in [-0.15, -0.1) is 5.10 Å². The van der Waals surface area contributed by atoms with E-state index in [0.29, 0.717) is 13.1 Å². The van der Waals surface area contributed by atoms with Gasteiger partial charge in [0.2, 0.25) is 0 Å². The first-order chi connectivity index (χ1) is 7.17. The number of nitrogens with one attached hydrogen (secondary N) is 1. The Bertz CT molecular complexity index is 343. The smallest absolute Gasteiger partial charge is 0.148 e. The zero-order valence-corrected chi connectivity index (χ0v) is 9.58. The maximum Gasteiger partial charge on any atom is 0.148 e. The Balaban J connectivity index is 2.51. The molecule has 1 aromatic rings. The monoisotopic (exact) mass is 226 g/mol. The van der Waals surface area contributed by atoms with Crippen molar-refractivity contribution in [2.24, 2.45) is 11.8 Å². The van der Waals surface area contributed by atoms with Crippen LogP contribution in [0.2, 0.25) is 0 Å². The zero-order valence-electron chi connectivity index (χ0n) is 8.77. The Morgan fingerprint density at radius 3 is 3.07 bits per heavy atom. The van der Waals surface area contributed by atoms with Gasteiger partial charge in [-0.1, -0.05) is 4.49 Å². The number of rotatable bonds is 5. The minimum Gasteiger partial charge on any atom is -0.313 e. The van der Waals surface area contributed by atoms with Crippen LogP contribution < -0.4 is 11.3 Å². The number of nitriles is 1. The zero-order chi connectivity index (χ0) is 11.3. The van der Waals surface area contributed by atoms with Crippen LogP contribution in [0.15, 0.2) is 0 Å². The maximum atomic E-state index is 8.68. The number of hydrazine groups is 1. The SMILES string of the molecule is CC(C#N)CN(C)Cc1nnsc1NN. The third kappa shape index (κ3) is 3.43. The van der Waals surface area contributed by atoms with Crippen molar-refractivity contribution < 1.29 is 0 Å². The molecule has 1 heterocycles. The first-order valence-corrected chi connectivity index (χ1v) is 5.30. The van der Waals surface area contributed by atoms with Gasteiger partial charge in [-0.3, -0.25) is 4.90 Å². The molecule has 3 N–H and O–H groups in total. The minimum atomic E-state index is 0.0101. The van der Waals surface area contributed by atoms with Crippen LogP contribution >= 0.6 is 11.5 Å². The number of anilines is 1. The number of nitrogens with two attached hydrogens (primary N) is 1. The van der Waals surface area contributed by atoms with Crippen LogP contribution in [0.3, 0.4) is 0 Å². The van der Waals surface area contributed by atoms with E-state index in [1.54, 1.807) is 0 Å². The predicted octanol–water partition coefficient (Wildman–Crippen LogP) is 0.415. The summed E-state index contributed by atoms with van der Waals surface area (Å²) in [6.45, 7) is 3.23. The molecule has 6 nitrogen and oxygen atoms in total. The summed E-state index contributed by atoms with van der Waals surface area (Å²) in [6.07, 6.45) is 0. The van der Waals surface area contributed by atoms with E-state index in [1.165, 1.54) is 11.5 Å². The summed E-state index contributed by atoms with van der Waals surface area (Å²) in [5.41, 5.74) is 3.37. The highest BCUT2D eigenvalue weighted by molar-refractivity contribution is 7.10. The fourth-order valence-electron chi connectivity index (χ4n) is 1.25. The quantitative estimate of drug-likeness (QED) is 0.558. The van der Waals surface area contributed by atoms with Crippen molar-refractivity contribution in [1.82, 2.24) is 14.5 Å². The van der Waals surface area contributed by atoms with E-state index < -0.39 is 0 Å². The fourth-order valence-corrected chi connectivity index (χ4v) is 1.73. The van der Waals surface area contributed by atoms with Gasteiger partial charge in [-0.05, 0) is 14.0 Å². The van der Waals surface area contributed by atoms with E-state index >= 15 is 0 Å². The summed E-state index contributed by atoms with van der Waals surface area (Å²) in [5.74, 6) is 5.32. The number of hydrogen-bond donors (Lipinski definition) is 2. The number of nitrogen functional groups attached to an aromatic ring is 1. The van der Waals surface area contributed by atoms with Crippen LogP contribution in [0, 0.1) is 17.2 Å². The Morgan fingerprint density at radius 2 is 2.47 bits per heavy atom. The summed E-state index contributed by atoms with van der Waals surface area (Å²) in [4.78, 5) is 2.02. The van der Waals surface area contributed by atoms with Gasteiger partial charge < -0.3 is 5.43 Å². The first kappa shape index (κ1) is 11.8. The van der Waals surface area contributed by atoms with Gasteiger partial charge in [0.25, 0.3) is 0 Å². The van der Waals surface area contributed by atoms with E-state index in [4.69, 9.17) is 11.1 Å². The largest absolute Gasteiger partial charge is 0.313 e. The summed E-state index contributed by atoms with van der Waals surface area (Å²) in [5, 5.41) is 13.4. The normalized spacial score (nSPS) is 12.5. The molecule has 1 aromatic heterocycles. The predicted molar refractivity (Wildman–Crippen MR) is 58.8 cm³/mol. The van der Waals surface area contributed by atoms with E-state index in [1.807, 2.05) is 18.9 Å². The maximum absolute atomic E-state index is 8.68. The summed E-state index contributed by atoms with van der Waals surface area (Å²) >= 11 is 1.23. The van der Waals surface area contributed by atoms with Crippen LogP contribution in [-0.2, 0) is 6.54 Å². The molecule has 0 bridgehead atoms. The van der Waals surface area contributed by atoms with Gasteiger partial charge in [-0.25, -0.2) is 5.84 Å². The number of aromatic nitrogens is 2. The van der Waals surface area contributed by atoms with Crippen molar-refractivity contribution in [1.29, 1.82) is 5.26 Å². The van der Waals surface area contributed by atoms with Gasteiger partial charge in [0.1, 0.15) is 10.7 Å². The second-order valence-corrected chi connectivity index (χ2v) is 4.17. The van der Waals surface area contributed by atoms with Crippen LogP contribution in [0.1, 0.15) is 12.6 Å². The summed E-state index contributed by atoms with van der Waals surface area (Å²) < 4.78 is 3.80. The molecule has 0 spiro atoms. The van der Waals surface area contributed by atoms with E-state index in [9.17, 15) is 0 Å². The van der Waals surface area contributed by atoms with E-state index in [2.05, 4.69) is 21.1 Å². The van der Waals surface area contributed by atoms with Crippen molar-refractivity contribution >= 4 is 16.5 Å². The van der Waals surface area contributed by atoms with Gasteiger partial charge in [0.05, 0.1) is 12.0 Å².